The number of carbonyl (C=O) groups is 1. The lowest BCUT2D eigenvalue weighted by molar-refractivity contribution is 0.0676. The van der Waals surface area contributed by atoms with E-state index in [0.29, 0.717) is 35.7 Å². The monoisotopic (exact) mass is 453 g/mol. The molecule has 0 spiro atoms. The van der Waals surface area contributed by atoms with Gasteiger partial charge in [0.15, 0.2) is 5.76 Å². The van der Waals surface area contributed by atoms with E-state index in [4.69, 9.17) is 9.15 Å². The van der Waals surface area contributed by atoms with Crippen LogP contribution in [-0.4, -0.2) is 37.9 Å². The van der Waals surface area contributed by atoms with Gasteiger partial charge in [0.05, 0.1) is 36.6 Å². The zero-order valence-corrected chi connectivity index (χ0v) is 18.5. The maximum Gasteiger partial charge on any atom is 0.310 e. The van der Waals surface area contributed by atoms with E-state index in [1.165, 1.54) is 11.3 Å². The number of anilines is 1. The smallest absolute Gasteiger partial charge is 0.310 e. The van der Waals surface area contributed by atoms with E-state index in [0.717, 1.165) is 11.8 Å². The number of carbonyl (C=O) groups excluding carboxylic acids is 1. The number of benzene rings is 2. The van der Waals surface area contributed by atoms with Crippen LogP contribution in [0, 0.1) is 0 Å². The van der Waals surface area contributed by atoms with E-state index in [-0.39, 0.29) is 5.76 Å². The molecule has 0 saturated carbocycles. The number of amides is 1. The van der Waals surface area contributed by atoms with E-state index < -0.39 is 22.0 Å². The van der Waals surface area contributed by atoms with Crippen LogP contribution in [-0.2, 0) is 10.0 Å². The zero-order chi connectivity index (χ0) is 22.7. The van der Waals surface area contributed by atoms with Crippen molar-refractivity contribution in [3.05, 3.63) is 83.8 Å². The molecule has 1 aliphatic heterocycles. The van der Waals surface area contributed by atoms with Gasteiger partial charge in [-0.2, -0.15) is 5.10 Å². The first-order chi connectivity index (χ1) is 15.4. The average Bonchev–Trinajstić information content (AvgIpc) is 3.44. The number of furan rings is 1. The minimum Gasteiger partial charge on any atom is -0.494 e. The number of nitrogens with zero attached hydrogens (tertiary/aromatic N) is 2. The molecule has 0 aliphatic carbocycles. The maximum atomic E-state index is 13.2. The largest absolute Gasteiger partial charge is 0.494 e. The highest BCUT2D eigenvalue weighted by Crippen LogP contribution is 2.39. The zero-order valence-electron chi connectivity index (χ0n) is 17.7. The summed E-state index contributed by atoms with van der Waals surface area (Å²) in [4.78, 5) is 13.2. The van der Waals surface area contributed by atoms with Gasteiger partial charge in [0.2, 0.25) is 10.0 Å². The molecular weight excluding hydrogens is 430 g/mol. The second-order valence-corrected chi connectivity index (χ2v) is 9.03. The molecule has 1 unspecified atom stereocenters. The summed E-state index contributed by atoms with van der Waals surface area (Å²) in [5.41, 5.74) is 2.39. The van der Waals surface area contributed by atoms with Gasteiger partial charge in [-0.25, -0.2) is 13.4 Å². The molecule has 0 bridgehead atoms. The number of hydrogen-bond acceptors (Lipinski definition) is 6. The molecule has 4 rings (SSSR count). The Morgan fingerprint density at radius 2 is 1.91 bits per heavy atom. The molecule has 1 atom stereocenters. The molecule has 2 heterocycles. The van der Waals surface area contributed by atoms with Gasteiger partial charge in [-0.05, 0) is 31.2 Å². The number of hydrazone groups is 1. The van der Waals surface area contributed by atoms with Crippen molar-refractivity contribution >= 4 is 27.3 Å². The minimum absolute atomic E-state index is 0.163. The second-order valence-electron chi connectivity index (χ2n) is 7.28. The van der Waals surface area contributed by atoms with Gasteiger partial charge in [0.1, 0.15) is 5.75 Å². The molecule has 0 saturated heterocycles. The molecule has 1 N–H and O–H groups in total. The molecule has 0 fully saturated rings. The van der Waals surface area contributed by atoms with Crippen LogP contribution in [0.25, 0.3) is 0 Å². The number of ether oxygens (including phenoxy) is 1. The summed E-state index contributed by atoms with van der Waals surface area (Å²) in [5.74, 6) is 0.433. The Balaban J connectivity index is 1.79. The predicted octanol–water partition coefficient (Wildman–Crippen LogP) is 4.04. The molecule has 2 aromatic carbocycles. The van der Waals surface area contributed by atoms with Crippen LogP contribution < -0.4 is 9.46 Å². The van der Waals surface area contributed by atoms with Crippen LogP contribution in [0.4, 0.5) is 5.69 Å². The van der Waals surface area contributed by atoms with Crippen molar-refractivity contribution < 1.29 is 22.4 Å². The second kappa shape index (κ2) is 8.88. The van der Waals surface area contributed by atoms with E-state index in [1.807, 2.05) is 31.2 Å². The van der Waals surface area contributed by atoms with Crippen molar-refractivity contribution in [3.63, 3.8) is 0 Å². The molecule has 9 heteroatoms. The van der Waals surface area contributed by atoms with Crippen LogP contribution in [0.5, 0.6) is 5.75 Å². The number of hydrogen-bond donors (Lipinski definition) is 1. The van der Waals surface area contributed by atoms with Gasteiger partial charge >= 0.3 is 5.91 Å². The average molecular weight is 454 g/mol. The van der Waals surface area contributed by atoms with Gasteiger partial charge in [-0.1, -0.05) is 36.4 Å². The first-order valence-corrected chi connectivity index (χ1v) is 12.0. The topological polar surface area (TPSA) is 101 Å². The summed E-state index contributed by atoms with van der Waals surface area (Å²) in [6.07, 6.45) is 2.90. The van der Waals surface area contributed by atoms with Crippen LogP contribution in [0.3, 0.4) is 0 Å². The standard InChI is InChI=1S/C23H23N3O5S/c1-3-30-21-12-7-5-10-17(21)20-15-19(24-26(20)23(27)22-13-8-14-31-22)16-9-4-6-11-18(16)25-32(2,28)29/h4-14,20,25H,3,15H2,1-2H3. The van der Waals surface area contributed by atoms with Crippen LogP contribution in [0.1, 0.15) is 41.1 Å². The Kier molecular flexibility index (Phi) is 6.00. The van der Waals surface area contributed by atoms with Gasteiger partial charge in [-0.15, -0.1) is 0 Å². The molecule has 0 radical (unpaired) electrons. The van der Waals surface area contributed by atoms with Crippen molar-refractivity contribution in [3.8, 4) is 5.75 Å². The van der Waals surface area contributed by atoms with Crippen molar-refractivity contribution in [2.24, 2.45) is 5.10 Å². The lowest BCUT2D eigenvalue weighted by atomic mass is 9.97. The third kappa shape index (κ3) is 4.52. The van der Waals surface area contributed by atoms with Gasteiger partial charge in [0, 0.05) is 17.5 Å². The summed E-state index contributed by atoms with van der Waals surface area (Å²) < 4.78 is 37.3. The summed E-state index contributed by atoms with van der Waals surface area (Å²) >= 11 is 0. The summed E-state index contributed by atoms with van der Waals surface area (Å²) in [6, 6.07) is 17.3. The van der Waals surface area contributed by atoms with Crippen molar-refractivity contribution in [2.75, 3.05) is 17.6 Å². The third-order valence-corrected chi connectivity index (χ3v) is 5.55. The van der Waals surface area contributed by atoms with Crippen molar-refractivity contribution in [1.82, 2.24) is 5.01 Å². The highest BCUT2D eigenvalue weighted by molar-refractivity contribution is 7.92. The Bertz CT molecular complexity index is 1250. The van der Waals surface area contributed by atoms with E-state index in [2.05, 4.69) is 9.82 Å². The van der Waals surface area contributed by atoms with Crippen molar-refractivity contribution in [2.45, 2.75) is 19.4 Å². The number of nitrogens with one attached hydrogen (secondary N) is 1. The normalized spacial score (nSPS) is 16.0. The number of para-hydroxylation sites is 2. The summed E-state index contributed by atoms with van der Waals surface area (Å²) in [7, 11) is -3.49. The molecule has 1 aliphatic rings. The fourth-order valence-electron chi connectivity index (χ4n) is 3.68. The quantitative estimate of drug-likeness (QED) is 0.582. The highest BCUT2D eigenvalue weighted by atomic mass is 32.2. The molecule has 1 aromatic heterocycles. The van der Waals surface area contributed by atoms with E-state index in [9.17, 15) is 13.2 Å². The maximum absolute atomic E-state index is 13.2. The number of sulfonamides is 1. The van der Waals surface area contributed by atoms with Gasteiger partial charge in [0.25, 0.3) is 0 Å². The third-order valence-electron chi connectivity index (χ3n) is 4.96. The van der Waals surface area contributed by atoms with Crippen molar-refractivity contribution in [1.29, 1.82) is 0 Å². The van der Waals surface area contributed by atoms with Crippen LogP contribution in [0.15, 0.2) is 76.4 Å². The Labute approximate surface area is 186 Å². The SMILES string of the molecule is CCOc1ccccc1C1CC(c2ccccc2NS(C)(=O)=O)=NN1C(=O)c1ccco1. The molecular formula is C23H23N3O5S. The molecule has 1 amide bonds. The van der Waals surface area contributed by atoms with Crippen LogP contribution >= 0.6 is 0 Å². The summed E-state index contributed by atoms with van der Waals surface area (Å²) in [5, 5.41) is 5.99. The predicted molar refractivity (Wildman–Crippen MR) is 121 cm³/mol. The Morgan fingerprint density at radius 3 is 2.62 bits per heavy atom. The van der Waals surface area contributed by atoms with Gasteiger partial charge < -0.3 is 9.15 Å². The lowest BCUT2D eigenvalue weighted by Crippen LogP contribution is -2.27. The van der Waals surface area contributed by atoms with E-state index >= 15 is 0 Å². The number of rotatable bonds is 7. The molecule has 3 aromatic rings. The summed E-state index contributed by atoms with van der Waals surface area (Å²) in [6.45, 7) is 2.37. The molecule has 32 heavy (non-hydrogen) atoms. The fourth-order valence-corrected chi connectivity index (χ4v) is 4.26. The Morgan fingerprint density at radius 1 is 1.16 bits per heavy atom. The van der Waals surface area contributed by atoms with Crippen LogP contribution in [0.2, 0.25) is 0 Å². The highest BCUT2D eigenvalue weighted by Gasteiger charge is 2.36. The molecule has 166 valence electrons. The van der Waals surface area contributed by atoms with Gasteiger partial charge in [-0.3, -0.25) is 9.52 Å². The Hall–Kier alpha value is -3.59. The molecule has 8 nitrogen and oxygen atoms in total. The lowest BCUT2D eigenvalue weighted by Gasteiger charge is -2.23. The first-order valence-electron chi connectivity index (χ1n) is 10.1. The minimum atomic E-state index is -3.49. The van der Waals surface area contributed by atoms with E-state index in [1.54, 1.807) is 36.4 Å². The fraction of sp³-hybridized carbons (Fsp3) is 0.217. The first kappa shape index (κ1) is 21.6.